The summed E-state index contributed by atoms with van der Waals surface area (Å²) in [7, 11) is 1.52. The average Bonchev–Trinajstić information content (AvgIpc) is 3.21. The molecule has 1 heterocycles. The molecule has 28 heavy (non-hydrogen) atoms. The summed E-state index contributed by atoms with van der Waals surface area (Å²) in [6.45, 7) is 1.40. The van der Waals surface area contributed by atoms with Crippen LogP contribution in [0.25, 0.3) is 5.69 Å². The van der Waals surface area contributed by atoms with Crippen LogP contribution in [-0.2, 0) is 9.53 Å². The van der Waals surface area contributed by atoms with Crippen LogP contribution in [-0.4, -0.2) is 40.4 Å². The van der Waals surface area contributed by atoms with E-state index >= 15 is 0 Å². The zero-order chi connectivity index (χ0) is 20.1. The Labute approximate surface area is 166 Å². The molecule has 0 fully saturated rings. The van der Waals surface area contributed by atoms with Crippen molar-refractivity contribution >= 4 is 29.2 Å². The van der Waals surface area contributed by atoms with Gasteiger partial charge in [-0.15, -0.1) is 0 Å². The number of aromatic nitrogens is 3. The Kier molecular flexibility index (Phi) is 5.90. The number of rotatable bonds is 6. The van der Waals surface area contributed by atoms with Gasteiger partial charge in [-0.1, -0.05) is 17.7 Å². The van der Waals surface area contributed by atoms with Crippen molar-refractivity contribution in [3.8, 4) is 11.4 Å². The van der Waals surface area contributed by atoms with Gasteiger partial charge < -0.3 is 14.8 Å². The number of nitrogens with one attached hydrogen (secondary N) is 1. The fourth-order valence-electron chi connectivity index (χ4n) is 2.49. The molecular weight excluding hydrogens is 384 g/mol. The summed E-state index contributed by atoms with van der Waals surface area (Å²) in [5.41, 5.74) is 2.17. The molecule has 0 radical (unpaired) electrons. The summed E-state index contributed by atoms with van der Waals surface area (Å²) in [5, 5.41) is 7.13. The molecule has 3 rings (SSSR count). The maximum absolute atomic E-state index is 12.3. The molecule has 0 aliphatic heterocycles. The molecule has 8 nitrogen and oxygen atoms in total. The zero-order valence-corrected chi connectivity index (χ0v) is 15.9. The predicted octanol–water partition coefficient (Wildman–Crippen LogP) is 3.03. The van der Waals surface area contributed by atoms with Crippen molar-refractivity contribution in [3.05, 3.63) is 65.2 Å². The molecule has 0 aliphatic carbocycles. The van der Waals surface area contributed by atoms with Gasteiger partial charge in [0.1, 0.15) is 18.4 Å². The Hall–Kier alpha value is -3.39. The summed E-state index contributed by atoms with van der Waals surface area (Å²) in [6.07, 6.45) is 2.86. The molecule has 0 bridgehead atoms. The monoisotopic (exact) mass is 400 g/mol. The fraction of sp³-hybridized carbons (Fsp3) is 0.158. The molecule has 0 saturated heterocycles. The maximum Gasteiger partial charge on any atom is 0.338 e. The minimum absolute atomic E-state index is 0.293. The SMILES string of the molecule is COc1cc(C(=O)OCC(=O)Nc2cc(Cl)ccc2-n2cncn2)ccc1C. The largest absolute Gasteiger partial charge is 0.496 e. The molecule has 9 heteroatoms. The number of benzene rings is 2. The second-order valence-electron chi connectivity index (χ2n) is 5.81. The second-order valence-corrected chi connectivity index (χ2v) is 6.25. The molecule has 1 aromatic heterocycles. The third-order valence-corrected chi connectivity index (χ3v) is 4.11. The highest BCUT2D eigenvalue weighted by atomic mass is 35.5. The topological polar surface area (TPSA) is 95.3 Å². The van der Waals surface area contributed by atoms with Gasteiger partial charge in [0.05, 0.1) is 24.0 Å². The van der Waals surface area contributed by atoms with E-state index in [1.54, 1.807) is 36.4 Å². The molecule has 3 aromatic rings. The van der Waals surface area contributed by atoms with Gasteiger partial charge in [-0.2, -0.15) is 5.10 Å². The first-order chi connectivity index (χ1) is 13.5. The van der Waals surface area contributed by atoms with Crippen LogP contribution in [0, 0.1) is 6.92 Å². The number of anilines is 1. The van der Waals surface area contributed by atoms with Gasteiger partial charge in [-0.05, 0) is 42.8 Å². The van der Waals surface area contributed by atoms with Crippen LogP contribution in [0.5, 0.6) is 5.75 Å². The third kappa shape index (κ3) is 4.47. The van der Waals surface area contributed by atoms with E-state index in [-0.39, 0.29) is 0 Å². The highest BCUT2D eigenvalue weighted by molar-refractivity contribution is 6.31. The molecule has 0 unspecified atom stereocenters. The number of methoxy groups -OCH3 is 1. The number of hydrogen-bond acceptors (Lipinski definition) is 6. The van der Waals surface area contributed by atoms with Gasteiger partial charge in [0, 0.05) is 5.02 Å². The molecule has 0 atom stereocenters. The van der Waals surface area contributed by atoms with Crippen LogP contribution in [0.3, 0.4) is 0 Å². The lowest BCUT2D eigenvalue weighted by Crippen LogP contribution is -2.21. The lowest BCUT2D eigenvalue weighted by molar-refractivity contribution is -0.119. The van der Waals surface area contributed by atoms with Crippen molar-refractivity contribution in [1.82, 2.24) is 14.8 Å². The standard InChI is InChI=1S/C19H17ClN4O4/c1-12-3-4-13(7-17(12)27-2)19(26)28-9-18(25)23-15-8-14(20)5-6-16(15)24-11-21-10-22-24/h3-8,10-11H,9H2,1-2H3,(H,23,25). The quantitative estimate of drug-likeness (QED) is 0.639. The maximum atomic E-state index is 12.3. The highest BCUT2D eigenvalue weighted by Crippen LogP contribution is 2.24. The first-order valence-corrected chi connectivity index (χ1v) is 8.62. The Morgan fingerprint density at radius 1 is 1.21 bits per heavy atom. The van der Waals surface area contributed by atoms with E-state index in [2.05, 4.69) is 15.4 Å². The molecule has 0 saturated carbocycles. The summed E-state index contributed by atoms with van der Waals surface area (Å²) < 4.78 is 11.8. The smallest absolute Gasteiger partial charge is 0.338 e. The lowest BCUT2D eigenvalue weighted by atomic mass is 10.1. The van der Waals surface area contributed by atoms with Crippen LogP contribution in [0.1, 0.15) is 15.9 Å². The van der Waals surface area contributed by atoms with E-state index in [0.29, 0.717) is 27.7 Å². The number of halogens is 1. The normalized spacial score (nSPS) is 10.4. The zero-order valence-electron chi connectivity index (χ0n) is 15.2. The molecule has 1 amide bonds. The number of carbonyl (C=O) groups excluding carboxylic acids is 2. The first kappa shape index (κ1) is 19.4. The highest BCUT2D eigenvalue weighted by Gasteiger charge is 2.14. The van der Waals surface area contributed by atoms with Crippen LogP contribution in [0.15, 0.2) is 49.1 Å². The van der Waals surface area contributed by atoms with Gasteiger partial charge in [0.15, 0.2) is 6.61 Å². The number of ether oxygens (including phenoxy) is 2. The van der Waals surface area contributed by atoms with E-state index in [4.69, 9.17) is 21.1 Å². The summed E-state index contributed by atoms with van der Waals surface area (Å²) >= 11 is 6.02. The Morgan fingerprint density at radius 2 is 2.04 bits per heavy atom. The lowest BCUT2D eigenvalue weighted by Gasteiger charge is -2.12. The third-order valence-electron chi connectivity index (χ3n) is 3.88. The van der Waals surface area contributed by atoms with Crippen molar-refractivity contribution in [2.45, 2.75) is 6.92 Å². The van der Waals surface area contributed by atoms with E-state index in [9.17, 15) is 9.59 Å². The Balaban J connectivity index is 1.67. The van der Waals surface area contributed by atoms with Gasteiger partial charge in [-0.3, -0.25) is 4.79 Å². The average molecular weight is 401 g/mol. The van der Waals surface area contributed by atoms with Crippen molar-refractivity contribution in [2.75, 3.05) is 19.0 Å². The molecule has 1 N–H and O–H groups in total. The fourth-order valence-corrected chi connectivity index (χ4v) is 2.66. The van der Waals surface area contributed by atoms with Gasteiger partial charge >= 0.3 is 5.97 Å². The van der Waals surface area contributed by atoms with Crippen LogP contribution in [0.2, 0.25) is 5.02 Å². The number of nitrogens with zero attached hydrogens (tertiary/aromatic N) is 3. The molecule has 0 spiro atoms. The summed E-state index contributed by atoms with van der Waals surface area (Å²) in [4.78, 5) is 28.3. The number of amides is 1. The van der Waals surface area contributed by atoms with Crippen molar-refractivity contribution in [2.24, 2.45) is 0 Å². The number of aryl methyl sites for hydroxylation is 1. The summed E-state index contributed by atoms with van der Waals surface area (Å²) in [5.74, 6) is -0.581. The molecular formula is C19H17ClN4O4. The Morgan fingerprint density at radius 3 is 2.75 bits per heavy atom. The molecule has 0 aliphatic rings. The minimum atomic E-state index is -0.629. The Bertz CT molecular complexity index is 1010. The minimum Gasteiger partial charge on any atom is -0.496 e. The van der Waals surface area contributed by atoms with Crippen LogP contribution < -0.4 is 10.1 Å². The molecule has 2 aromatic carbocycles. The van der Waals surface area contributed by atoms with Gasteiger partial charge in [-0.25, -0.2) is 14.5 Å². The van der Waals surface area contributed by atoms with Crippen LogP contribution >= 0.6 is 11.6 Å². The van der Waals surface area contributed by atoms with E-state index in [1.807, 2.05) is 6.92 Å². The first-order valence-electron chi connectivity index (χ1n) is 8.24. The van der Waals surface area contributed by atoms with E-state index in [0.717, 1.165) is 5.56 Å². The van der Waals surface area contributed by atoms with Crippen LogP contribution in [0.4, 0.5) is 5.69 Å². The van der Waals surface area contributed by atoms with Gasteiger partial charge in [0.2, 0.25) is 0 Å². The van der Waals surface area contributed by atoms with Gasteiger partial charge in [0.25, 0.3) is 5.91 Å². The number of carbonyl (C=O) groups is 2. The van der Waals surface area contributed by atoms with E-state index < -0.39 is 18.5 Å². The van der Waals surface area contributed by atoms with E-state index in [1.165, 1.54) is 24.4 Å². The predicted molar refractivity (Wildman–Crippen MR) is 103 cm³/mol. The second kappa shape index (κ2) is 8.53. The number of esters is 1. The molecule has 144 valence electrons. The van der Waals surface area contributed by atoms with Crippen molar-refractivity contribution < 1.29 is 19.1 Å². The van der Waals surface area contributed by atoms with Crippen molar-refractivity contribution in [1.29, 1.82) is 0 Å². The van der Waals surface area contributed by atoms with Crippen molar-refractivity contribution in [3.63, 3.8) is 0 Å². The summed E-state index contributed by atoms with van der Waals surface area (Å²) in [6, 6.07) is 9.85. The number of hydrogen-bond donors (Lipinski definition) is 1.